The van der Waals surface area contributed by atoms with Crippen LogP contribution in [-0.4, -0.2) is 66.2 Å². The Balaban J connectivity index is 1.57. The number of nitrogens with zero attached hydrogens (tertiary/aromatic N) is 4. The van der Waals surface area contributed by atoms with Gasteiger partial charge in [0.05, 0.1) is 31.1 Å². The van der Waals surface area contributed by atoms with E-state index in [1.807, 2.05) is 0 Å². The molecule has 3 rings (SSSR count). The molecular formula is C19H20ClF5N6O3. The Morgan fingerprint density at radius 1 is 1.32 bits per heavy atom. The monoisotopic (exact) mass is 510 g/mol. The van der Waals surface area contributed by atoms with Crippen LogP contribution in [0.2, 0.25) is 5.15 Å². The van der Waals surface area contributed by atoms with Gasteiger partial charge in [-0.05, 0) is 24.6 Å². The van der Waals surface area contributed by atoms with Crippen molar-refractivity contribution in [3.8, 4) is 5.88 Å². The molecular weight excluding hydrogens is 491 g/mol. The van der Waals surface area contributed by atoms with E-state index < -0.39 is 37.9 Å². The molecule has 1 aliphatic heterocycles. The molecule has 3 heterocycles. The summed E-state index contributed by atoms with van der Waals surface area (Å²) < 4.78 is 73.0. The number of hydrogen-bond acceptors (Lipinski definition) is 7. The normalized spacial score (nSPS) is 16.5. The average molecular weight is 511 g/mol. The lowest BCUT2D eigenvalue weighted by atomic mass is 10.2. The number of pyridine rings is 1. The van der Waals surface area contributed by atoms with Crippen LogP contribution >= 0.6 is 11.6 Å². The molecule has 0 unspecified atom stereocenters. The summed E-state index contributed by atoms with van der Waals surface area (Å²) in [5, 5.41) is 12.9. The second-order valence-electron chi connectivity index (χ2n) is 7.22. The van der Waals surface area contributed by atoms with Crippen molar-refractivity contribution in [1.29, 1.82) is 0 Å². The van der Waals surface area contributed by atoms with E-state index in [-0.39, 0.29) is 36.4 Å². The SMILES string of the molecule is Cc1cc(CNC(=O)Nc2cc(Cl)nc(OCC(F)F)c2)nnc1N1CCO[C@H](C(F)(F)F)C1. The summed E-state index contributed by atoms with van der Waals surface area (Å²) in [6, 6.07) is 3.46. The van der Waals surface area contributed by atoms with Crippen molar-refractivity contribution in [2.75, 3.05) is 36.5 Å². The number of aryl methyl sites for hydroxylation is 1. The zero-order valence-electron chi connectivity index (χ0n) is 17.7. The van der Waals surface area contributed by atoms with Gasteiger partial charge in [-0.3, -0.25) is 0 Å². The third kappa shape index (κ3) is 7.25. The molecule has 1 saturated heterocycles. The number of aromatic nitrogens is 3. The zero-order valence-corrected chi connectivity index (χ0v) is 18.5. The first-order valence-corrected chi connectivity index (χ1v) is 10.3. The number of hydrogen-bond donors (Lipinski definition) is 2. The molecule has 0 aliphatic carbocycles. The number of urea groups is 1. The highest BCUT2D eigenvalue weighted by Gasteiger charge is 2.43. The molecule has 2 aromatic rings. The van der Waals surface area contributed by atoms with Gasteiger partial charge in [-0.1, -0.05) is 11.6 Å². The number of anilines is 2. The predicted octanol–water partition coefficient (Wildman–Crippen LogP) is 3.57. The van der Waals surface area contributed by atoms with Crippen LogP contribution in [0, 0.1) is 6.92 Å². The van der Waals surface area contributed by atoms with Crippen molar-refractivity contribution in [3.05, 3.63) is 34.6 Å². The Bertz CT molecular complexity index is 1010. The van der Waals surface area contributed by atoms with Gasteiger partial charge < -0.3 is 25.0 Å². The van der Waals surface area contributed by atoms with Crippen molar-refractivity contribution < 1.29 is 36.2 Å². The number of carbonyl (C=O) groups excluding carboxylic acids is 1. The third-order valence-electron chi connectivity index (χ3n) is 4.56. The van der Waals surface area contributed by atoms with Crippen LogP contribution in [-0.2, 0) is 11.3 Å². The number of rotatable bonds is 7. The summed E-state index contributed by atoms with van der Waals surface area (Å²) in [6.45, 7) is 0.500. The molecule has 0 bridgehead atoms. The van der Waals surface area contributed by atoms with E-state index in [0.717, 1.165) is 0 Å². The van der Waals surface area contributed by atoms with Gasteiger partial charge in [-0.2, -0.15) is 18.3 Å². The van der Waals surface area contributed by atoms with Crippen LogP contribution in [0.4, 0.5) is 38.3 Å². The van der Waals surface area contributed by atoms with Crippen LogP contribution < -0.4 is 20.3 Å². The summed E-state index contributed by atoms with van der Waals surface area (Å²) in [5.74, 6) is 0.115. The number of amides is 2. The number of nitrogens with one attached hydrogen (secondary N) is 2. The van der Waals surface area contributed by atoms with E-state index >= 15 is 0 Å². The summed E-state index contributed by atoms with van der Waals surface area (Å²) in [7, 11) is 0. The second-order valence-corrected chi connectivity index (χ2v) is 7.60. The fourth-order valence-corrected chi connectivity index (χ4v) is 3.29. The van der Waals surface area contributed by atoms with E-state index in [1.165, 1.54) is 17.0 Å². The van der Waals surface area contributed by atoms with Gasteiger partial charge in [-0.25, -0.2) is 18.6 Å². The lowest BCUT2D eigenvalue weighted by molar-refractivity contribution is -0.221. The summed E-state index contributed by atoms with van der Waals surface area (Å²) >= 11 is 5.81. The maximum absolute atomic E-state index is 13.0. The van der Waals surface area contributed by atoms with E-state index in [1.54, 1.807) is 13.0 Å². The lowest BCUT2D eigenvalue weighted by Gasteiger charge is -2.34. The van der Waals surface area contributed by atoms with Crippen molar-refractivity contribution in [2.24, 2.45) is 0 Å². The standard InChI is InChI=1S/C19H20ClF5N6O3/c1-10-4-12(29-30-17(10)31-2-3-33-13(8-31)19(23,24)25)7-26-18(32)27-11-5-14(20)28-16(6-11)34-9-15(21)22/h4-6,13,15H,2-3,7-9H2,1H3,(H2,26,27,28,32)/t13-/m0/s1. The summed E-state index contributed by atoms with van der Waals surface area (Å²) in [5.41, 5.74) is 1.11. The van der Waals surface area contributed by atoms with Crippen molar-refractivity contribution in [3.63, 3.8) is 0 Å². The number of carbonyl (C=O) groups is 1. The molecule has 34 heavy (non-hydrogen) atoms. The highest BCUT2D eigenvalue weighted by molar-refractivity contribution is 6.29. The molecule has 1 fully saturated rings. The first-order valence-electron chi connectivity index (χ1n) is 9.91. The smallest absolute Gasteiger partial charge is 0.416 e. The maximum atomic E-state index is 13.0. The average Bonchev–Trinajstić information content (AvgIpc) is 2.75. The highest BCUT2D eigenvalue weighted by Crippen LogP contribution is 2.28. The minimum absolute atomic E-state index is 0.0399. The van der Waals surface area contributed by atoms with Crippen LogP contribution in [0.1, 0.15) is 11.3 Å². The molecule has 2 aromatic heterocycles. The maximum Gasteiger partial charge on any atom is 0.416 e. The highest BCUT2D eigenvalue weighted by atomic mass is 35.5. The summed E-state index contributed by atoms with van der Waals surface area (Å²) in [4.78, 5) is 17.4. The van der Waals surface area contributed by atoms with Crippen molar-refractivity contribution >= 4 is 29.1 Å². The van der Waals surface area contributed by atoms with Crippen molar-refractivity contribution in [2.45, 2.75) is 32.2 Å². The van der Waals surface area contributed by atoms with E-state index in [0.29, 0.717) is 17.1 Å². The largest absolute Gasteiger partial charge is 0.471 e. The first-order chi connectivity index (χ1) is 16.0. The predicted molar refractivity (Wildman–Crippen MR) is 111 cm³/mol. The minimum atomic E-state index is -4.48. The Hall–Kier alpha value is -3.00. The molecule has 15 heteroatoms. The van der Waals surface area contributed by atoms with Gasteiger partial charge in [0.2, 0.25) is 5.88 Å². The van der Waals surface area contributed by atoms with E-state index in [2.05, 4.69) is 25.8 Å². The number of morpholine rings is 1. The Morgan fingerprint density at radius 2 is 2.09 bits per heavy atom. The number of halogens is 6. The van der Waals surface area contributed by atoms with Crippen molar-refractivity contribution in [1.82, 2.24) is 20.5 Å². The lowest BCUT2D eigenvalue weighted by Crippen LogP contribution is -2.49. The molecule has 2 N–H and O–H groups in total. The van der Waals surface area contributed by atoms with Gasteiger partial charge in [-0.15, -0.1) is 5.10 Å². The Kier molecular flexibility index (Phi) is 8.25. The Labute approximate surface area is 195 Å². The molecule has 0 saturated carbocycles. The molecule has 0 aromatic carbocycles. The second kappa shape index (κ2) is 11.0. The topological polar surface area (TPSA) is 102 Å². The van der Waals surface area contributed by atoms with Crippen LogP contribution in [0.3, 0.4) is 0 Å². The molecule has 0 spiro atoms. The molecule has 2 amide bonds. The molecule has 0 radical (unpaired) electrons. The zero-order chi connectivity index (χ0) is 24.9. The Morgan fingerprint density at radius 3 is 2.76 bits per heavy atom. The van der Waals surface area contributed by atoms with Gasteiger partial charge in [0.15, 0.2) is 18.5 Å². The van der Waals surface area contributed by atoms with E-state index in [9.17, 15) is 26.7 Å². The minimum Gasteiger partial charge on any atom is -0.471 e. The van der Waals surface area contributed by atoms with Gasteiger partial charge in [0.25, 0.3) is 6.43 Å². The molecule has 186 valence electrons. The first kappa shape index (κ1) is 25.6. The van der Waals surface area contributed by atoms with Gasteiger partial charge in [0.1, 0.15) is 5.15 Å². The van der Waals surface area contributed by atoms with E-state index in [4.69, 9.17) is 21.1 Å². The summed E-state index contributed by atoms with van der Waals surface area (Å²) in [6.07, 6.45) is -9.09. The number of alkyl halides is 5. The fourth-order valence-electron chi connectivity index (χ4n) is 3.09. The number of ether oxygens (including phenoxy) is 2. The molecule has 1 atom stereocenters. The van der Waals surface area contributed by atoms with Gasteiger partial charge in [0, 0.05) is 12.6 Å². The quantitative estimate of drug-likeness (QED) is 0.434. The third-order valence-corrected chi connectivity index (χ3v) is 4.75. The fraction of sp³-hybridized carbons (Fsp3) is 0.474. The van der Waals surface area contributed by atoms with Crippen LogP contribution in [0.5, 0.6) is 5.88 Å². The van der Waals surface area contributed by atoms with Crippen LogP contribution in [0.15, 0.2) is 18.2 Å². The molecule has 1 aliphatic rings. The molecule has 9 nitrogen and oxygen atoms in total. The van der Waals surface area contributed by atoms with Crippen LogP contribution in [0.25, 0.3) is 0 Å². The van der Waals surface area contributed by atoms with Gasteiger partial charge >= 0.3 is 12.2 Å².